The zero-order valence-corrected chi connectivity index (χ0v) is 9.59. The molecule has 1 aliphatic rings. The molecule has 0 N–H and O–H groups in total. The molecule has 1 saturated heterocycles. The van der Waals surface area contributed by atoms with Crippen LogP contribution in [0.3, 0.4) is 0 Å². The van der Waals surface area contributed by atoms with Crippen molar-refractivity contribution >= 4 is 11.7 Å². The van der Waals surface area contributed by atoms with Gasteiger partial charge in [0.05, 0.1) is 6.54 Å². The van der Waals surface area contributed by atoms with E-state index in [4.69, 9.17) is 4.74 Å². The lowest BCUT2D eigenvalue weighted by Crippen LogP contribution is -2.42. The average molecular weight is 233 g/mol. The summed E-state index contributed by atoms with van der Waals surface area (Å²) >= 11 is 0. The number of likely N-dealkylation sites (tertiary alicyclic amines) is 1. The number of rotatable bonds is 3. The van der Waals surface area contributed by atoms with E-state index >= 15 is 0 Å². The van der Waals surface area contributed by atoms with Gasteiger partial charge >= 0.3 is 0 Å². The fourth-order valence-corrected chi connectivity index (χ4v) is 1.80. The van der Waals surface area contributed by atoms with Crippen molar-refractivity contribution in [2.75, 3.05) is 19.7 Å². The molecule has 17 heavy (non-hydrogen) atoms. The number of hydrogen-bond acceptors (Lipinski definition) is 3. The van der Waals surface area contributed by atoms with Gasteiger partial charge in [0.2, 0.25) is 0 Å². The minimum atomic E-state index is -0.123. The SMILES string of the molecule is O=C1CCCN(C(=O)COc2ccccc2)C1. The molecule has 1 fully saturated rings. The van der Waals surface area contributed by atoms with Gasteiger partial charge in [0, 0.05) is 13.0 Å². The van der Waals surface area contributed by atoms with E-state index in [1.807, 2.05) is 18.2 Å². The monoisotopic (exact) mass is 233 g/mol. The number of benzene rings is 1. The maximum Gasteiger partial charge on any atom is 0.260 e. The molecule has 1 aromatic carbocycles. The maximum absolute atomic E-state index is 11.8. The Bertz CT molecular complexity index is 402. The summed E-state index contributed by atoms with van der Waals surface area (Å²) in [6.07, 6.45) is 1.35. The number of nitrogens with zero attached hydrogens (tertiary/aromatic N) is 1. The van der Waals surface area contributed by atoms with E-state index in [2.05, 4.69) is 0 Å². The van der Waals surface area contributed by atoms with E-state index < -0.39 is 0 Å². The van der Waals surface area contributed by atoms with Gasteiger partial charge in [-0.2, -0.15) is 0 Å². The standard InChI is InChI=1S/C13H15NO3/c15-11-5-4-8-14(9-11)13(16)10-17-12-6-2-1-3-7-12/h1-3,6-7H,4-5,8-10H2. The highest BCUT2D eigenvalue weighted by molar-refractivity contribution is 5.87. The van der Waals surface area contributed by atoms with Gasteiger partial charge in [0.25, 0.3) is 5.91 Å². The molecule has 0 saturated carbocycles. The normalized spacial score (nSPS) is 15.8. The van der Waals surface area contributed by atoms with E-state index in [1.54, 1.807) is 17.0 Å². The second-order valence-electron chi connectivity index (χ2n) is 4.06. The van der Waals surface area contributed by atoms with Gasteiger partial charge in [-0.25, -0.2) is 0 Å². The van der Waals surface area contributed by atoms with Crippen molar-refractivity contribution in [1.82, 2.24) is 4.90 Å². The Hall–Kier alpha value is -1.84. The fraction of sp³-hybridized carbons (Fsp3) is 0.385. The largest absolute Gasteiger partial charge is 0.484 e. The second kappa shape index (κ2) is 5.48. The zero-order chi connectivity index (χ0) is 12.1. The molecule has 1 aromatic rings. The molecule has 2 rings (SSSR count). The molecule has 0 spiro atoms. The summed E-state index contributed by atoms with van der Waals surface area (Å²) in [6, 6.07) is 9.19. The van der Waals surface area contributed by atoms with Crippen molar-refractivity contribution < 1.29 is 14.3 Å². The highest BCUT2D eigenvalue weighted by atomic mass is 16.5. The number of amides is 1. The Morgan fingerprint density at radius 2 is 2.06 bits per heavy atom. The zero-order valence-electron chi connectivity index (χ0n) is 9.59. The lowest BCUT2D eigenvalue weighted by atomic mass is 10.1. The lowest BCUT2D eigenvalue weighted by Gasteiger charge is -2.25. The molecule has 1 heterocycles. The third kappa shape index (κ3) is 3.31. The van der Waals surface area contributed by atoms with Crippen LogP contribution >= 0.6 is 0 Å². The van der Waals surface area contributed by atoms with E-state index in [0.29, 0.717) is 18.7 Å². The first kappa shape index (κ1) is 11.6. The van der Waals surface area contributed by atoms with Gasteiger partial charge in [-0.05, 0) is 18.6 Å². The summed E-state index contributed by atoms with van der Waals surface area (Å²) < 4.78 is 5.35. The first-order chi connectivity index (χ1) is 8.25. The van der Waals surface area contributed by atoms with Crippen molar-refractivity contribution in [3.63, 3.8) is 0 Å². The van der Waals surface area contributed by atoms with Crippen molar-refractivity contribution in [3.05, 3.63) is 30.3 Å². The van der Waals surface area contributed by atoms with E-state index in [0.717, 1.165) is 6.42 Å². The Labute approximate surface area is 100 Å². The molecule has 0 aromatic heterocycles. The molecule has 0 radical (unpaired) electrons. The van der Waals surface area contributed by atoms with Crippen LogP contribution in [0.1, 0.15) is 12.8 Å². The molecular weight excluding hydrogens is 218 g/mol. The van der Waals surface area contributed by atoms with Crippen LogP contribution < -0.4 is 4.74 Å². The minimum Gasteiger partial charge on any atom is -0.484 e. The van der Waals surface area contributed by atoms with Crippen molar-refractivity contribution in [2.45, 2.75) is 12.8 Å². The quantitative estimate of drug-likeness (QED) is 0.789. The molecule has 0 atom stereocenters. The predicted octanol–water partition coefficient (Wildman–Crippen LogP) is 1.26. The van der Waals surface area contributed by atoms with Gasteiger partial charge in [0.15, 0.2) is 12.4 Å². The number of ketones is 1. The summed E-state index contributed by atoms with van der Waals surface area (Å²) in [4.78, 5) is 24.5. The first-order valence-electron chi connectivity index (χ1n) is 5.73. The molecule has 90 valence electrons. The minimum absolute atomic E-state index is 0.00269. The highest BCUT2D eigenvalue weighted by Crippen LogP contribution is 2.10. The first-order valence-corrected chi connectivity index (χ1v) is 5.73. The smallest absolute Gasteiger partial charge is 0.260 e. The van der Waals surface area contributed by atoms with Gasteiger partial charge in [-0.1, -0.05) is 18.2 Å². The number of hydrogen-bond donors (Lipinski definition) is 0. The highest BCUT2D eigenvalue weighted by Gasteiger charge is 2.21. The van der Waals surface area contributed by atoms with E-state index in [-0.39, 0.29) is 24.8 Å². The van der Waals surface area contributed by atoms with Gasteiger partial charge in [-0.15, -0.1) is 0 Å². The number of ether oxygens (including phenoxy) is 1. The number of Topliss-reactive ketones (excluding diaryl/α,β-unsaturated/α-hetero) is 1. The number of para-hydroxylation sites is 1. The topological polar surface area (TPSA) is 46.6 Å². The van der Waals surface area contributed by atoms with Crippen molar-refractivity contribution in [1.29, 1.82) is 0 Å². The molecule has 0 bridgehead atoms. The third-order valence-electron chi connectivity index (χ3n) is 2.71. The summed E-state index contributed by atoms with van der Waals surface area (Å²) in [5.41, 5.74) is 0. The van der Waals surface area contributed by atoms with Gasteiger partial charge in [0.1, 0.15) is 5.75 Å². The Balaban J connectivity index is 1.83. The maximum atomic E-state index is 11.8. The average Bonchev–Trinajstić information content (AvgIpc) is 2.37. The summed E-state index contributed by atoms with van der Waals surface area (Å²) in [5, 5.41) is 0. The number of carbonyl (C=O) groups is 2. The van der Waals surface area contributed by atoms with Gasteiger partial charge < -0.3 is 9.64 Å². The Kier molecular flexibility index (Phi) is 3.75. The summed E-state index contributed by atoms with van der Waals surface area (Å²) in [6.45, 7) is 0.886. The summed E-state index contributed by atoms with van der Waals surface area (Å²) in [7, 11) is 0. The molecule has 4 heteroatoms. The molecule has 1 amide bonds. The van der Waals surface area contributed by atoms with E-state index in [1.165, 1.54) is 0 Å². The van der Waals surface area contributed by atoms with E-state index in [9.17, 15) is 9.59 Å². The fourth-order valence-electron chi connectivity index (χ4n) is 1.80. The summed E-state index contributed by atoms with van der Waals surface area (Å²) in [5.74, 6) is 0.676. The molecule has 1 aliphatic heterocycles. The molecule has 4 nitrogen and oxygen atoms in total. The number of piperidine rings is 1. The predicted molar refractivity (Wildman–Crippen MR) is 62.8 cm³/mol. The van der Waals surface area contributed by atoms with Crippen molar-refractivity contribution in [2.24, 2.45) is 0 Å². The van der Waals surface area contributed by atoms with Crippen LogP contribution in [0.25, 0.3) is 0 Å². The number of carbonyl (C=O) groups excluding carboxylic acids is 2. The lowest BCUT2D eigenvalue weighted by molar-refractivity contribution is -0.139. The molecule has 0 unspecified atom stereocenters. The van der Waals surface area contributed by atoms with Crippen LogP contribution in [0.15, 0.2) is 30.3 Å². The van der Waals surface area contributed by atoms with Crippen LogP contribution in [0, 0.1) is 0 Å². The Morgan fingerprint density at radius 1 is 1.29 bits per heavy atom. The third-order valence-corrected chi connectivity index (χ3v) is 2.71. The van der Waals surface area contributed by atoms with Crippen LogP contribution in [0.2, 0.25) is 0 Å². The molecular formula is C13H15NO3. The van der Waals surface area contributed by atoms with Crippen molar-refractivity contribution in [3.8, 4) is 5.75 Å². The Morgan fingerprint density at radius 3 is 2.76 bits per heavy atom. The van der Waals surface area contributed by atoms with Crippen LogP contribution in [0.4, 0.5) is 0 Å². The van der Waals surface area contributed by atoms with Crippen LogP contribution in [-0.2, 0) is 9.59 Å². The van der Waals surface area contributed by atoms with Gasteiger partial charge in [-0.3, -0.25) is 9.59 Å². The van der Waals surface area contributed by atoms with Crippen LogP contribution in [-0.4, -0.2) is 36.3 Å². The molecule has 0 aliphatic carbocycles. The van der Waals surface area contributed by atoms with Crippen LogP contribution in [0.5, 0.6) is 5.75 Å². The second-order valence-corrected chi connectivity index (χ2v) is 4.06.